The molecule has 0 aromatic rings. The number of guanidine groups is 1. The largest absolute Gasteiger partial charge is 0.388 e. The summed E-state index contributed by atoms with van der Waals surface area (Å²) in [6.07, 6.45) is 4.94. The first-order valence-electron chi connectivity index (χ1n) is 7.52. The summed E-state index contributed by atoms with van der Waals surface area (Å²) >= 11 is 0. The summed E-state index contributed by atoms with van der Waals surface area (Å²) in [5.41, 5.74) is -0.690. The average molecular weight is 399 g/mol. The zero-order valence-electron chi connectivity index (χ0n) is 12.8. The van der Waals surface area contributed by atoms with Gasteiger partial charge in [0.15, 0.2) is 5.96 Å². The van der Waals surface area contributed by atoms with E-state index in [1.807, 2.05) is 6.92 Å². The molecule has 0 radical (unpaired) electrons. The molecule has 120 valence electrons. The van der Waals surface area contributed by atoms with Gasteiger partial charge in [-0.05, 0) is 13.3 Å². The highest BCUT2D eigenvalue weighted by atomic mass is 127. The molecule has 0 atom stereocenters. The summed E-state index contributed by atoms with van der Waals surface area (Å²) < 4.78 is 5.27. The van der Waals surface area contributed by atoms with Crippen molar-refractivity contribution in [3.63, 3.8) is 0 Å². The van der Waals surface area contributed by atoms with Crippen LogP contribution in [0.2, 0.25) is 0 Å². The van der Waals surface area contributed by atoms with Gasteiger partial charge in [-0.1, -0.05) is 19.8 Å². The number of aliphatic hydroxyl groups is 1. The van der Waals surface area contributed by atoms with Crippen molar-refractivity contribution >= 4 is 29.9 Å². The zero-order chi connectivity index (χ0) is 14.0. The highest BCUT2D eigenvalue weighted by molar-refractivity contribution is 14.0. The third-order valence-corrected chi connectivity index (χ3v) is 3.37. The Hall–Kier alpha value is -0.0800. The van der Waals surface area contributed by atoms with Crippen molar-refractivity contribution in [1.29, 1.82) is 0 Å². The van der Waals surface area contributed by atoms with E-state index in [1.165, 1.54) is 12.8 Å². The van der Waals surface area contributed by atoms with Crippen LogP contribution < -0.4 is 10.6 Å². The zero-order valence-corrected chi connectivity index (χ0v) is 15.1. The molecule has 1 rings (SSSR count). The second-order valence-corrected chi connectivity index (χ2v) is 5.17. The Morgan fingerprint density at radius 3 is 2.50 bits per heavy atom. The molecule has 1 saturated heterocycles. The highest BCUT2D eigenvalue weighted by Gasteiger charge is 2.29. The molecule has 5 nitrogen and oxygen atoms in total. The first kappa shape index (κ1) is 19.9. The summed E-state index contributed by atoms with van der Waals surface area (Å²) in [4.78, 5) is 4.50. The molecule has 0 saturated carbocycles. The van der Waals surface area contributed by atoms with E-state index >= 15 is 0 Å². The van der Waals surface area contributed by atoms with Crippen LogP contribution >= 0.6 is 24.0 Å². The van der Waals surface area contributed by atoms with Gasteiger partial charge in [-0.15, -0.1) is 24.0 Å². The molecule has 1 heterocycles. The molecule has 1 aliphatic rings. The molecule has 0 spiro atoms. The SMILES string of the molecule is CCCCCNC(=NCC1(O)CCOCC1)NCC.I. The highest BCUT2D eigenvalue weighted by Crippen LogP contribution is 2.20. The number of aliphatic imine (C=N–C) groups is 1. The van der Waals surface area contributed by atoms with Crippen LogP contribution in [0, 0.1) is 0 Å². The summed E-state index contributed by atoms with van der Waals surface area (Å²) in [6, 6.07) is 0. The van der Waals surface area contributed by atoms with Gasteiger partial charge in [0.25, 0.3) is 0 Å². The van der Waals surface area contributed by atoms with Crippen LogP contribution in [-0.4, -0.2) is 49.5 Å². The molecule has 3 N–H and O–H groups in total. The van der Waals surface area contributed by atoms with E-state index in [2.05, 4.69) is 22.5 Å². The van der Waals surface area contributed by atoms with Crippen molar-refractivity contribution in [2.24, 2.45) is 4.99 Å². The monoisotopic (exact) mass is 399 g/mol. The normalized spacial score (nSPS) is 18.2. The molecule has 1 aliphatic heterocycles. The van der Waals surface area contributed by atoms with Crippen LogP contribution in [0.4, 0.5) is 0 Å². The van der Waals surface area contributed by atoms with Gasteiger partial charge in [0, 0.05) is 39.1 Å². The number of halogens is 1. The summed E-state index contributed by atoms with van der Waals surface area (Å²) in [6.45, 7) is 7.72. The molecular weight excluding hydrogens is 369 g/mol. The lowest BCUT2D eigenvalue weighted by Crippen LogP contribution is -2.42. The molecular formula is C14H30IN3O2. The lowest BCUT2D eigenvalue weighted by Gasteiger charge is -2.30. The molecule has 0 bridgehead atoms. The number of unbranched alkanes of at least 4 members (excludes halogenated alkanes) is 2. The minimum absolute atomic E-state index is 0. The number of hydrogen-bond acceptors (Lipinski definition) is 3. The Morgan fingerprint density at radius 2 is 1.90 bits per heavy atom. The molecule has 0 aliphatic carbocycles. The smallest absolute Gasteiger partial charge is 0.191 e. The van der Waals surface area contributed by atoms with Crippen LogP contribution in [-0.2, 0) is 4.74 Å². The molecule has 0 aromatic heterocycles. The quantitative estimate of drug-likeness (QED) is 0.265. The van der Waals surface area contributed by atoms with Crippen molar-refractivity contribution in [2.75, 3.05) is 32.8 Å². The topological polar surface area (TPSA) is 65.9 Å². The van der Waals surface area contributed by atoms with Crippen LogP contribution in [0.1, 0.15) is 46.0 Å². The fraction of sp³-hybridized carbons (Fsp3) is 0.929. The van der Waals surface area contributed by atoms with E-state index in [9.17, 15) is 5.11 Å². The van der Waals surface area contributed by atoms with E-state index in [4.69, 9.17) is 4.74 Å². The fourth-order valence-electron chi connectivity index (χ4n) is 2.06. The Bertz CT molecular complexity index is 269. The summed E-state index contributed by atoms with van der Waals surface area (Å²) in [5.74, 6) is 0.804. The molecule has 0 aromatic carbocycles. The van der Waals surface area contributed by atoms with Crippen LogP contribution in [0.15, 0.2) is 4.99 Å². The van der Waals surface area contributed by atoms with Gasteiger partial charge in [-0.25, -0.2) is 0 Å². The summed E-state index contributed by atoms with van der Waals surface area (Å²) in [5, 5.41) is 16.9. The predicted octanol–water partition coefficient (Wildman–Crippen LogP) is 1.89. The van der Waals surface area contributed by atoms with Gasteiger partial charge < -0.3 is 20.5 Å². The summed E-state index contributed by atoms with van der Waals surface area (Å²) in [7, 11) is 0. The lowest BCUT2D eigenvalue weighted by atomic mass is 9.95. The van der Waals surface area contributed by atoms with Gasteiger partial charge in [-0.2, -0.15) is 0 Å². The number of nitrogens with zero attached hydrogens (tertiary/aromatic N) is 1. The second-order valence-electron chi connectivity index (χ2n) is 5.17. The number of rotatable bonds is 7. The van der Waals surface area contributed by atoms with Crippen LogP contribution in [0.5, 0.6) is 0 Å². The first-order chi connectivity index (χ1) is 9.20. The Labute approximate surface area is 140 Å². The number of nitrogens with one attached hydrogen (secondary N) is 2. The molecule has 0 unspecified atom stereocenters. The van der Waals surface area contributed by atoms with Crippen LogP contribution in [0.3, 0.4) is 0 Å². The van der Waals surface area contributed by atoms with E-state index in [0.29, 0.717) is 32.6 Å². The van der Waals surface area contributed by atoms with Crippen molar-refractivity contribution in [3.05, 3.63) is 0 Å². The Balaban J connectivity index is 0.00000361. The van der Waals surface area contributed by atoms with Crippen LogP contribution in [0.25, 0.3) is 0 Å². The van der Waals surface area contributed by atoms with Crippen molar-refractivity contribution < 1.29 is 9.84 Å². The Kier molecular flexibility index (Phi) is 11.5. The lowest BCUT2D eigenvalue weighted by molar-refractivity contribution is -0.0565. The molecule has 1 fully saturated rings. The van der Waals surface area contributed by atoms with Gasteiger partial charge in [0.1, 0.15) is 0 Å². The third kappa shape index (κ3) is 8.26. The number of ether oxygens (including phenoxy) is 1. The van der Waals surface area contributed by atoms with Crippen molar-refractivity contribution in [1.82, 2.24) is 10.6 Å². The standard InChI is InChI=1S/C14H29N3O2.HI/c1-3-5-6-9-16-13(15-4-2)17-12-14(18)7-10-19-11-8-14;/h18H,3-12H2,1-2H3,(H2,15,16,17);1H. The first-order valence-corrected chi connectivity index (χ1v) is 7.52. The molecule has 6 heteroatoms. The van der Waals surface area contributed by atoms with Gasteiger partial charge in [0.05, 0.1) is 12.1 Å². The predicted molar refractivity (Wildman–Crippen MR) is 93.9 cm³/mol. The van der Waals surface area contributed by atoms with E-state index in [-0.39, 0.29) is 24.0 Å². The van der Waals surface area contributed by atoms with Crippen molar-refractivity contribution in [2.45, 2.75) is 51.6 Å². The second kappa shape index (κ2) is 11.6. The Morgan fingerprint density at radius 1 is 1.20 bits per heavy atom. The minimum atomic E-state index is -0.690. The minimum Gasteiger partial charge on any atom is -0.388 e. The van der Waals surface area contributed by atoms with E-state index < -0.39 is 5.60 Å². The van der Waals surface area contributed by atoms with E-state index in [1.54, 1.807) is 0 Å². The molecule has 0 amide bonds. The maximum absolute atomic E-state index is 10.4. The fourth-order valence-corrected chi connectivity index (χ4v) is 2.06. The maximum atomic E-state index is 10.4. The molecule has 20 heavy (non-hydrogen) atoms. The number of hydrogen-bond donors (Lipinski definition) is 3. The van der Waals surface area contributed by atoms with E-state index in [0.717, 1.165) is 25.5 Å². The van der Waals surface area contributed by atoms with Crippen molar-refractivity contribution in [3.8, 4) is 0 Å². The average Bonchev–Trinajstić information content (AvgIpc) is 2.42. The third-order valence-electron chi connectivity index (χ3n) is 3.37. The van der Waals surface area contributed by atoms with Gasteiger partial charge in [0.2, 0.25) is 0 Å². The maximum Gasteiger partial charge on any atom is 0.191 e. The van der Waals surface area contributed by atoms with Gasteiger partial charge >= 0.3 is 0 Å². The van der Waals surface area contributed by atoms with Gasteiger partial charge in [-0.3, -0.25) is 4.99 Å².